The first-order valence-corrected chi connectivity index (χ1v) is 12.9. The number of piperidine rings is 1. The van der Waals surface area contributed by atoms with E-state index in [1.807, 2.05) is 18.3 Å². The Morgan fingerprint density at radius 2 is 2.03 bits per heavy atom. The Labute approximate surface area is 205 Å². The zero-order valence-corrected chi connectivity index (χ0v) is 21.2. The maximum atomic E-state index is 8.98. The van der Waals surface area contributed by atoms with Crippen molar-refractivity contribution in [1.29, 1.82) is 0 Å². The number of aliphatic hydroxyl groups excluding tert-OH is 1. The van der Waals surface area contributed by atoms with Gasteiger partial charge in [-0.15, -0.1) is 0 Å². The smallest absolute Gasteiger partial charge is 0.123 e. The average Bonchev–Trinajstić information content (AvgIpc) is 3.21. The minimum absolute atomic E-state index is 0.134. The lowest BCUT2D eigenvalue weighted by Gasteiger charge is -2.36. The molecule has 0 saturated carbocycles. The highest BCUT2D eigenvalue weighted by Crippen LogP contribution is 2.24. The largest absolute Gasteiger partial charge is 0.395 e. The summed E-state index contributed by atoms with van der Waals surface area (Å²) in [5, 5.41) is 12.2. The van der Waals surface area contributed by atoms with Gasteiger partial charge in [-0.25, -0.2) is 4.98 Å². The van der Waals surface area contributed by atoms with Crippen LogP contribution in [0.25, 0.3) is 12.2 Å². The van der Waals surface area contributed by atoms with Crippen LogP contribution in [0.1, 0.15) is 68.0 Å². The molecule has 0 radical (unpaired) electrons. The number of hydrogen-bond donors (Lipinski definition) is 2. The number of pyridine rings is 1. The van der Waals surface area contributed by atoms with Gasteiger partial charge in [0.05, 0.1) is 24.5 Å². The van der Waals surface area contributed by atoms with Crippen molar-refractivity contribution in [3.05, 3.63) is 60.0 Å². The molecule has 1 aliphatic carbocycles. The SMILES string of the molecule is C=Cc1nc(CNCCO)n(C[C@H]2CCCN(C(C)C)C2)c1C=C.c1cnc2c(c1)CCCC2. The van der Waals surface area contributed by atoms with Gasteiger partial charge in [0.2, 0.25) is 0 Å². The molecule has 0 spiro atoms. The normalized spacial score (nSPS) is 18.2. The number of fused-ring (bicyclic) bond motifs is 1. The number of aromatic nitrogens is 3. The molecule has 34 heavy (non-hydrogen) atoms. The molecule has 4 rings (SSSR count). The summed E-state index contributed by atoms with van der Waals surface area (Å²) in [4.78, 5) is 11.6. The molecule has 2 N–H and O–H groups in total. The third-order valence-corrected chi connectivity index (χ3v) is 6.89. The molecule has 1 aliphatic heterocycles. The van der Waals surface area contributed by atoms with Crippen molar-refractivity contribution >= 4 is 12.2 Å². The topological polar surface area (TPSA) is 66.2 Å². The number of hydrogen-bond acceptors (Lipinski definition) is 5. The summed E-state index contributed by atoms with van der Waals surface area (Å²) in [6.45, 7) is 17.1. The van der Waals surface area contributed by atoms with E-state index in [0.717, 1.165) is 30.3 Å². The summed E-state index contributed by atoms with van der Waals surface area (Å²) < 4.78 is 2.28. The quantitative estimate of drug-likeness (QED) is 0.540. The first-order valence-electron chi connectivity index (χ1n) is 12.9. The second-order valence-electron chi connectivity index (χ2n) is 9.63. The Balaban J connectivity index is 0.000000266. The molecule has 2 aromatic rings. The van der Waals surface area contributed by atoms with E-state index in [4.69, 9.17) is 10.1 Å². The molecule has 0 bridgehead atoms. The molecule has 1 fully saturated rings. The Kier molecular flexibility index (Phi) is 10.5. The third kappa shape index (κ3) is 7.11. The molecule has 6 nitrogen and oxygen atoms in total. The maximum Gasteiger partial charge on any atom is 0.123 e. The highest BCUT2D eigenvalue weighted by Gasteiger charge is 2.24. The van der Waals surface area contributed by atoms with Gasteiger partial charge in [-0.3, -0.25) is 4.98 Å². The summed E-state index contributed by atoms with van der Waals surface area (Å²) in [6.07, 6.45) is 13.2. The van der Waals surface area contributed by atoms with E-state index in [1.54, 1.807) is 6.08 Å². The van der Waals surface area contributed by atoms with Crippen molar-refractivity contribution in [2.24, 2.45) is 5.92 Å². The average molecular weight is 466 g/mol. The van der Waals surface area contributed by atoms with Gasteiger partial charge in [0.1, 0.15) is 5.82 Å². The Hall–Kier alpha value is -2.28. The maximum absolute atomic E-state index is 8.98. The van der Waals surface area contributed by atoms with Crippen LogP contribution in [0.4, 0.5) is 0 Å². The van der Waals surface area contributed by atoms with Crippen LogP contribution < -0.4 is 5.32 Å². The van der Waals surface area contributed by atoms with Crippen molar-refractivity contribution in [2.75, 3.05) is 26.2 Å². The van der Waals surface area contributed by atoms with Gasteiger partial charge >= 0.3 is 0 Å². The van der Waals surface area contributed by atoms with Gasteiger partial charge < -0.3 is 19.9 Å². The zero-order chi connectivity index (χ0) is 24.3. The Morgan fingerprint density at radius 3 is 2.74 bits per heavy atom. The van der Waals surface area contributed by atoms with E-state index in [1.165, 1.54) is 56.3 Å². The van der Waals surface area contributed by atoms with Crippen molar-refractivity contribution in [3.8, 4) is 0 Å². The van der Waals surface area contributed by atoms with Crippen LogP contribution in [-0.4, -0.2) is 56.8 Å². The first kappa shape index (κ1) is 26.3. The van der Waals surface area contributed by atoms with Gasteiger partial charge in [-0.1, -0.05) is 19.2 Å². The molecule has 0 unspecified atom stereocenters. The fraction of sp³-hybridized carbons (Fsp3) is 0.571. The third-order valence-electron chi connectivity index (χ3n) is 6.89. The summed E-state index contributed by atoms with van der Waals surface area (Å²) in [6, 6.07) is 4.83. The summed E-state index contributed by atoms with van der Waals surface area (Å²) in [5.74, 6) is 1.62. The Bertz CT molecular complexity index is 895. The van der Waals surface area contributed by atoms with Crippen LogP contribution in [0.5, 0.6) is 0 Å². The van der Waals surface area contributed by atoms with Gasteiger partial charge in [0.15, 0.2) is 0 Å². The monoisotopic (exact) mass is 465 g/mol. The molecule has 3 heterocycles. The van der Waals surface area contributed by atoms with Crippen LogP contribution in [0.2, 0.25) is 0 Å². The van der Waals surface area contributed by atoms with Gasteiger partial charge in [0.25, 0.3) is 0 Å². The molecule has 0 amide bonds. The standard InChI is InChI=1S/C19H32N4O.C9H11N/c1-5-17-18(6-2)23(19(21-17)12-20-9-11-24)14-16-8-7-10-22(13-16)15(3)4;1-2-6-9-8(4-1)5-3-7-10-9/h5-6,15-16,20,24H,1-2,7-14H2,3-4H3;3,5,7H,1-2,4,6H2/t16-;/m0./s1. The summed E-state index contributed by atoms with van der Waals surface area (Å²) in [5.41, 5.74) is 4.73. The molecular weight excluding hydrogens is 422 g/mol. The minimum atomic E-state index is 0.134. The van der Waals surface area contributed by atoms with Crippen LogP contribution in [0, 0.1) is 5.92 Å². The van der Waals surface area contributed by atoms with E-state index < -0.39 is 0 Å². The van der Waals surface area contributed by atoms with Crippen LogP contribution >= 0.6 is 0 Å². The fourth-order valence-corrected chi connectivity index (χ4v) is 5.02. The molecule has 0 aromatic carbocycles. The van der Waals surface area contributed by atoms with E-state index >= 15 is 0 Å². The number of likely N-dealkylation sites (tertiary alicyclic amines) is 1. The summed E-state index contributed by atoms with van der Waals surface area (Å²) >= 11 is 0. The molecule has 186 valence electrons. The predicted octanol–water partition coefficient (Wildman–Crippen LogP) is 4.33. The van der Waals surface area contributed by atoms with E-state index in [9.17, 15) is 0 Å². The number of aliphatic hydroxyl groups is 1. The highest BCUT2D eigenvalue weighted by atomic mass is 16.3. The zero-order valence-electron chi connectivity index (χ0n) is 21.2. The van der Waals surface area contributed by atoms with E-state index in [0.29, 0.717) is 25.0 Å². The molecule has 2 aromatic heterocycles. The Morgan fingerprint density at radius 1 is 1.21 bits per heavy atom. The van der Waals surface area contributed by atoms with E-state index in [2.05, 4.69) is 52.8 Å². The fourth-order valence-electron chi connectivity index (χ4n) is 5.02. The second-order valence-corrected chi connectivity index (χ2v) is 9.63. The lowest BCUT2D eigenvalue weighted by atomic mass is 9.96. The van der Waals surface area contributed by atoms with Crippen molar-refractivity contribution in [1.82, 2.24) is 24.8 Å². The number of rotatable bonds is 9. The van der Waals surface area contributed by atoms with Crippen molar-refractivity contribution in [3.63, 3.8) is 0 Å². The first-order chi connectivity index (χ1) is 16.6. The summed E-state index contributed by atoms with van der Waals surface area (Å²) in [7, 11) is 0. The van der Waals surface area contributed by atoms with Gasteiger partial charge in [-0.05, 0) is 88.6 Å². The van der Waals surface area contributed by atoms with Crippen LogP contribution in [-0.2, 0) is 25.9 Å². The van der Waals surface area contributed by atoms with Crippen molar-refractivity contribution < 1.29 is 5.11 Å². The van der Waals surface area contributed by atoms with Crippen LogP contribution in [0.15, 0.2) is 31.5 Å². The second kappa shape index (κ2) is 13.6. The number of nitrogens with zero attached hydrogens (tertiary/aromatic N) is 4. The van der Waals surface area contributed by atoms with E-state index in [-0.39, 0.29) is 6.61 Å². The molecular formula is C28H43N5O. The minimum Gasteiger partial charge on any atom is -0.395 e. The lowest BCUT2D eigenvalue weighted by molar-refractivity contribution is 0.130. The van der Waals surface area contributed by atoms with Gasteiger partial charge in [-0.2, -0.15) is 0 Å². The number of nitrogens with one attached hydrogen (secondary N) is 1. The highest BCUT2D eigenvalue weighted by molar-refractivity contribution is 5.58. The van der Waals surface area contributed by atoms with Crippen molar-refractivity contribution in [2.45, 2.75) is 71.5 Å². The lowest BCUT2D eigenvalue weighted by Crippen LogP contribution is -2.41. The number of aryl methyl sites for hydroxylation is 2. The predicted molar refractivity (Wildman–Crippen MR) is 142 cm³/mol. The molecule has 1 atom stereocenters. The molecule has 1 saturated heterocycles. The molecule has 2 aliphatic rings. The van der Waals surface area contributed by atoms with Gasteiger partial charge in [0, 0.05) is 37.6 Å². The van der Waals surface area contributed by atoms with Crippen LogP contribution in [0.3, 0.4) is 0 Å². The molecule has 6 heteroatoms. The number of imidazole rings is 1.